The summed E-state index contributed by atoms with van der Waals surface area (Å²) in [5.74, 6) is -1.20. The smallest absolute Gasteiger partial charge is 0.228 e. The van der Waals surface area contributed by atoms with Crippen LogP contribution in [0.4, 0.5) is 8.78 Å². The van der Waals surface area contributed by atoms with Crippen LogP contribution in [0, 0.1) is 11.6 Å². The molecule has 0 aliphatic rings. The van der Waals surface area contributed by atoms with Crippen molar-refractivity contribution in [2.75, 3.05) is 20.3 Å². The lowest BCUT2D eigenvalue weighted by Gasteiger charge is -2.14. The van der Waals surface area contributed by atoms with Crippen molar-refractivity contribution in [3.63, 3.8) is 0 Å². The molecule has 1 heterocycles. The summed E-state index contributed by atoms with van der Waals surface area (Å²) in [6.07, 6.45) is 0.498. The fraction of sp³-hybridized carbons (Fsp3) is 0.429. The Morgan fingerprint density at radius 1 is 1.33 bits per heavy atom. The first-order valence-electron chi connectivity index (χ1n) is 6.64. The summed E-state index contributed by atoms with van der Waals surface area (Å²) in [6, 6.07) is 3.54. The van der Waals surface area contributed by atoms with Gasteiger partial charge in [0.05, 0.1) is 6.61 Å². The molecule has 0 amide bonds. The molecule has 0 bridgehead atoms. The minimum atomic E-state index is -0.941. The molecule has 1 aromatic carbocycles. The van der Waals surface area contributed by atoms with E-state index in [0.717, 1.165) is 18.7 Å². The van der Waals surface area contributed by atoms with Gasteiger partial charge in [-0.15, -0.1) is 0 Å². The third-order valence-electron chi connectivity index (χ3n) is 2.93. The van der Waals surface area contributed by atoms with Gasteiger partial charge in [0.15, 0.2) is 11.6 Å². The molecule has 0 radical (unpaired) electrons. The van der Waals surface area contributed by atoms with E-state index in [0.29, 0.717) is 24.5 Å². The van der Waals surface area contributed by atoms with Gasteiger partial charge < -0.3 is 14.6 Å². The Morgan fingerprint density at radius 3 is 2.81 bits per heavy atom. The Balaban J connectivity index is 2.11. The van der Waals surface area contributed by atoms with E-state index in [1.165, 1.54) is 6.07 Å². The Morgan fingerprint density at radius 2 is 2.14 bits per heavy atom. The van der Waals surface area contributed by atoms with E-state index in [-0.39, 0.29) is 11.9 Å². The Hall–Kier alpha value is -1.86. The molecule has 5 nitrogen and oxygen atoms in total. The van der Waals surface area contributed by atoms with Crippen LogP contribution in [0.25, 0.3) is 11.4 Å². The summed E-state index contributed by atoms with van der Waals surface area (Å²) in [4.78, 5) is 4.19. The van der Waals surface area contributed by atoms with Crippen LogP contribution in [0.1, 0.15) is 12.8 Å². The minimum absolute atomic E-state index is 0.0539. The van der Waals surface area contributed by atoms with Gasteiger partial charge in [-0.05, 0) is 24.7 Å². The van der Waals surface area contributed by atoms with Gasteiger partial charge in [0.1, 0.15) is 0 Å². The summed E-state index contributed by atoms with van der Waals surface area (Å²) in [6.45, 7) is 3.29. The molecule has 1 atom stereocenters. The molecule has 0 aliphatic heterocycles. The van der Waals surface area contributed by atoms with Crippen LogP contribution < -0.4 is 5.32 Å². The number of nitrogens with one attached hydrogen (secondary N) is 1. The highest BCUT2D eigenvalue weighted by Crippen LogP contribution is 2.19. The lowest BCUT2D eigenvalue weighted by atomic mass is 10.2. The number of benzene rings is 1. The van der Waals surface area contributed by atoms with Gasteiger partial charge in [0.2, 0.25) is 11.7 Å². The second kappa shape index (κ2) is 7.24. The second-order valence-corrected chi connectivity index (χ2v) is 4.55. The molecule has 0 fully saturated rings. The maximum atomic E-state index is 13.2. The number of hydrogen-bond donors (Lipinski definition) is 1. The molecule has 1 aromatic heterocycles. The molecule has 0 saturated heterocycles. The number of hydrogen-bond acceptors (Lipinski definition) is 5. The van der Waals surface area contributed by atoms with Crippen LogP contribution in [-0.2, 0) is 11.2 Å². The van der Waals surface area contributed by atoms with E-state index in [2.05, 4.69) is 15.5 Å². The van der Waals surface area contributed by atoms with E-state index < -0.39 is 11.6 Å². The first-order valence-corrected chi connectivity index (χ1v) is 6.64. The fourth-order valence-corrected chi connectivity index (χ4v) is 1.98. The van der Waals surface area contributed by atoms with Gasteiger partial charge in [-0.3, -0.25) is 0 Å². The number of halogens is 2. The van der Waals surface area contributed by atoms with Gasteiger partial charge in [0.25, 0.3) is 0 Å². The Labute approximate surface area is 121 Å². The lowest BCUT2D eigenvalue weighted by molar-refractivity contribution is 0.162. The number of rotatable bonds is 7. The Bertz CT molecular complexity index is 583. The average Bonchev–Trinajstić information content (AvgIpc) is 2.91. The van der Waals surface area contributed by atoms with Crippen LogP contribution >= 0.6 is 0 Å². The van der Waals surface area contributed by atoms with Gasteiger partial charge in [-0.25, -0.2) is 8.78 Å². The molecular weight excluding hydrogens is 280 g/mol. The zero-order valence-electron chi connectivity index (χ0n) is 11.9. The minimum Gasteiger partial charge on any atom is -0.383 e. The van der Waals surface area contributed by atoms with E-state index in [9.17, 15) is 8.78 Å². The summed E-state index contributed by atoms with van der Waals surface area (Å²) in [5.41, 5.74) is 0.371. The second-order valence-electron chi connectivity index (χ2n) is 4.55. The van der Waals surface area contributed by atoms with E-state index >= 15 is 0 Å². The highest BCUT2D eigenvalue weighted by molar-refractivity contribution is 5.54. The third-order valence-corrected chi connectivity index (χ3v) is 2.93. The van der Waals surface area contributed by atoms with Gasteiger partial charge in [0, 0.05) is 25.1 Å². The predicted octanol–water partition coefficient (Wildman–Crippen LogP) is 2.18. The van der Waals surface area contributed by atoms with Gasteiger partial charge in [-0.1, -0.05) is 12.1 Å². The monoisotopic (exact) mass is 297 g/mol. The standard InChI is InChI=1S/C14H17F2N3O2/c1-3-17-10(8-20-2)7-13-18-14(19-21-13)9-4-5-11(15)12(16)6-9/h4-6,10,17H,3,7-8H2,1-2H3. The number of ether oxygens (including phenoxy) is 1. The SMILES string of the molecule is CCNC(COC)Cc1nc(-c2ccc(F)c(F)c2)no1. The van der Waals surface area contributed by atoms with Crippen molar-refractivity contribution >= 4 is 0 Å². The number of nitrogens with zero attached hydrogens (tertiary/aromatic N) is 2. The molecule has 0 aliphatic carbocycles. The molecule has 0 saturated carbocycles. The van der Waals surface area contributed by atoms with Crippen molar-refractivity contribution in [3.05, 3.63) is 35.7 Å². The summed E-state index contributed by atoms with van der Waals surface area (Å²) in [5, 5.41) is 7.02. The highest BCUT2D eigenvalue weighted by atomic mass is 19.2. The third kappa shape index (κ3) is 4.05. The maximum absolute atomic E-state index is 13.2. The van der Waals surface area contributed by atoms with Crippen LogP contribution in [0.2, 0.25) is 0 Å². The first-order chi connectivity index (χ1) is 10.1. The Kier molecular flexibility index (Phi) is 5.35. The summed E-state index contributed by atoms with van der Waals surface area (Å²) < 4.78 is 36.3. The predicted molar refractivity (Wildman–Crippen MR) is 72.7 cm³/mol. The van der Waals surface area contributed by atoms with Crippen molar-refractivity contribution in [1.82, 2.24) is 15.5 Å². The normalized spacial score (nSPS) is 12.6. The number of aromatic nitrogens is 2. The van der Waals surface area contributed by atoms with Crippen LogP contribution in [-0.4, -0.2) is 36.4 Å². The van der Waals surface area contributed by atoms with E-state index in [4.69, 9.17) is 9.26 Å². The summed E-state index contributed by atoms with van der Waals surface area (Å²) >= 11 is 0. The molecule has 114 valence electrons. The number of methoxy groups -OCH3 is 1. The number of likely N-dealkylation sites (N-methyl/N-ethyl adjacent to an activating group) is 1. The average molecular weight is 297 g/mol. The molecule has 0 spiro atoms. The van der Waals surface area contributed by atoms with Crippen molar-refractivity contribution in [2.45, 2.75) is 19.4 Å². The van der Waals surface area contributed by atoms with Crippen molar-refractivity contribution in [2.24, 2.45) is 0 Å². The van der Waals surface area contributed by atoms with Crippen molar-refractivity contribution < 1.29 is 18.0 Å². The van der Waals surface area contributed by atoms with E-state index in [1.807, 2.05) is 6.92 Å². The molecule has 21 heavy (non-hydrogen) atoms. The van der Waals surface area contributed by atoms with Crippen LogP contribution in [0.15, 0.2) is 22.7 Å². The first kappa shape index (κ1) is 15.5. The summed E-state index contributed by atoms with van der Waals surface area (Å²) in [7, 11) is 1.62. The van der Waals surface area contributed by atoms with Crippen molar-refractivity contribution in [1.29, 1.82) is 0 Å². The van der Waals surface area contributed by atoms with Crippen molar-refractivity contribution in [3.8, 4) is 11.4 Å². The largest absolute Gasteiger partial charge is 0.383 e. The molecule has 1 N–H and O–H groups in total. The molecule has 1 unspecified atom stereocenters. The molecular formula is C14H17F2N3O2. The topological polar surface area (TPSA) is 60.2 Å². The lowest BCUT2D eigenvalue weighted by Crippen LogP contribution is -2.35. The molecule has 2 aromatic rings. The highest BCUT2D eigenvalue weighted by Gasteiger charge is 2.15. The van der Waals surface area contributed by atoms with Crippen LogP contribution in [0.5, 0.6) is 0 Å². The molecule has 7 heteroatoms. The van der Waals surface area contributed by atoms with Gasteiger partial charge >= 0.3 is 0 Å². The fourth-order valence-electron chi connectivity index (χ4n) is 1.98. The molecule has 2 rings (SSSR count). The van der Waals surface area contributed by atoms with Crippen LogP contribution in [0.3, 0.4) is 0 Å². The maximum Gasteiger partial charge on any atom is 0.228 e. The zero-order chi connectivity index (χ0) is 15.2. The van der Waals surface area contributed by atoms with Gasteiger partial charge in [-0.2, -0.15) is 4.98 Å². The van der Waals surface area contributed by atoms with E-state index in [1.54, 1.807) is 7.11 Å². The zero-order valence-corrected chi connectivity index (χ0v) is 11.9. The quantitative estimate of drug-likeness (QED) is 0.849.